The van der Waals surface area contributed by atoms with Gasteiger partial charge >= 0.3 is 5.97 Å². The predicted octanol–water partition coefficient (Wildman–Crippen LogP) is 2.21. The van der Waals surface area contributed by atoms with E-state index in [9.17, 15) is 4.79 Å². The molecule has 0 aliphatic heterocycles. The Hall–Kier alpha value is -0.900. The van der Waals surface area contributed by atoms with Crippen LogP contribution in [0.15, 0.2) is 22.9 Å². The summed E-state index contributed by atoms with van der Waals surface area (Å²) in [5, 5.41) is 8.94. The van der Waals surface area contributed by atoms with Gasteiger partial charge in [-0.3, -0.25) is 9.78 Å². The molecule has 4 heteroatoms. The van der Waals surface area contributed by atoms with Gasteiger partial charge in [-0.05, 0) is 41.4 Å². The average Bonchev–Trinajstić information content (AvgIpc) is 2.04. The van der Waals surface area contributed by atoms with Gasteiger partial charge in [0.25, 0.3) is 0 Å². The second kappa shape index (κ2) is 3.46. The molecule has 1 N–H and O–H groups in total. The maximum atomic E-state index is 10.9. The molecule has 1 heterocycles. The molecule has 0 radical (unpaired) electrons. The van der Waals surface area contributed by atoms with Crippen molar-refractivity contribution in [1.82, 2.24) is 4.98 Å². The third-order valence-corrected chi connectivity index (χ3v) is 2.39. The summed E-state index contributed by atoms with van der Waals surface area (Å²) in [6.07, 6.45) is 3.19. The third-order valence-electron chi connectivity index (χ3n) is 1.96. The van der Waals surface area contributed by atoms with Gasteiger partial charge in [-0.15, -0.1) is 0 Å². The summed E-state index contributed by atoms with van der Waals surface area (Å²) < 4.78 is 0.791. The maximum Gasteiger partial charge on any atom is 0.313 e. The van der Waals surface area contributed by atoms with Crippen LogP contribution < -0.4 is 0 Å². The summed E-state index contributed by atoms with van der Waals surface area (Å²) >= 11 is 3.25. The van der Waals surface area contributed by atoms with Crippen molar-refractivity contribution in [2.45, 2.75) is 19.3 Å². The van der Waals surface area contributed by atoms with Gasteiger partial charge in [0.15, 0.2) is 0 Å². The fourth-order valence-electron chi connectivity index (χ4n) is 0.877. The molecule has 0 amide bonds. The van der Waals surface area contributed by atoms with E-state index >= 15 is 0 Å². The van der Waals surface area contributed by atoms with Crippen molar-refractivity contribution in [3.8, 4) is 0 Å². The van der Waals surface area contributed by atoms with E-state index in [1.807, 2.05) is 0 Å². The topological polar surface area (TPSA) is 50.2 Å². The van der Waals surface area contributed by atoms with E-state index in [1.165, 1.54) is 0 Å². The first-order chi connectivity index (χ1) is 5.94. The predicted molar refractivity (Wildman–Crippen MR) is 52.6 cm³/mol. The van der Waals surface area contributed by atoms with E-state index in [4.69, 9.17) is 5.11 Å². The molecule has 0 spiro atoms. The second-order valence-corrected chi connectivity index (χ2v) is 4.24. The zero-order chi connectivity index (χ0) is 10.1. The van der Waals surface area contributed by atoms with Crippen LogP contribution in [0.4, 0.5) is 0 Å². The van der Waals surface area contributed by atoms with Gasteiger partial charge in [-0.25, -0.2) is 0 Å². The zero-order valence-electron chi connectivity index (χ0n) is 7.41. The summed E-state index contributed by atoms with van der Waals surface area (Å²) in [7, 11) is 0. The highest BCUT2D eigenvalue weighted by atomic mass is 79.9. The van der Waals surface area contributed by atoms with Gasteiger partial charge in [0.1, 0.15) is 0 Å². The van der Waals surface area contributed by atoms with Gasteiger partial charge in [0, 0.05) is 16.9 Å². The van der Waals surface area contributed by atoms with Gasteiger partial charge in [0.2, 0.25) is 0 Å². The van der Waals surface area contributed by atoms with E-state index in [1.54, 1.807) is 32.3 Å². The van der Waals surface area contributed by atoms with Crippen molar-refractivity contribution in [2.75, 3.05) is 0 Å². The Bertz CT molecular complexity index is 336. The number of carboxylic acid groups (broad SMARTS) is 1. The van der Waals surface area contributed by atoms with Crippen LogP contribution in [0.3, 0.4) is 0 Å². The highest BCUT2D eigenvalue weighted by molar-refractivity contribution is 9.10. The number of nitrogens with zero attached hydrogens (tertiary/aromatic N) is 1. The number of carbonyl (C=O) groups is 1. The third kappa shape index (κ3) is 2.06. The second-order valence-electron chi connectivity index (χ2n) is 3.32. The number of carboxylic acids is 1. The number of hydrogen-bond acceptors (Lipinski definition) is 2. The standard InChI is InChI=1S/C9H10BrNO2/c1-9(2,8(12)13)6-3-7(10)5-11-4-6/h3-5H,1-2H3,(H,12,13). The molecule has 0 saturated carbocycles. The first-order valence-electron chi connectivity index (χ1n) is 3.79. The molecule has 3 nitrogen and oxygen atoms in total. The molecule has 0 unspecified atom stereocenters. The lowest BCUT2D eigenvalue weighted by molar-refractivity contribution is -0.142. The first-order valence-corrected chi connectivity index (χ1v) is 4.58. The van der Waals surface area contributed by atoms with Crippen molar-refractivity contribution in [3.63, 3.8) is 0 Å². The van der Waals surface area contributed by atoms with Crippen LogP contribution in [0, 0.1) is 0 Å². The van der Waals surface area contributed by atoms with Crippen molar-refractivity contribution >= 4 is 21.9 Å². The Balaban J connectivity index is 3.14. The minimum Gasteiger partial charge on any atom is -0.481 e. The molecule has 0 atom stereocenters. The monoisotopic (exact) mass is 243 g/mol. The van der Waals surface area contributed by atoms with Crippen LogP contribution in [-0.2, 0) is 10.2 Å². The summed E-state index contributed by atoms with van der Waals surface area (Å²) in [5.74, 6) is -0.854. The van der Waals surface area contributed by atoms with Gasteiger partial charge in [0.05, 0.1) is 5.41 Å². The lowest BCUT2D eigenvalue weighted by Crippen LogP contribution is -2.28. The van der Waals surface area contributed by atoms with Gasteiger partial charge in [-0.2, -0.15) is 0 Å². The SMILES string of the molecule is CC(C)(C(=O)O)c1cncc(Br)c1. The molecule has 70 valence electrons. The van der Waals surface area contributed by atoms with Crippen LogP contribution >= 0.6 is 15.9 Å². The van der Waals surface area contributed by atoms with Crippen molar-refractivity contribution in [2.24, 2.45) is 0 Å². The largest absolute Gasteiger partial charge is 0.481 e. The first kappa shape index (κ1) is 10.2. The number of pyridine rings is 1. The van der Waals surface area contributed by atoms with Crippen molar-refractivity contribution < 1.29 is 9.90 Å². The maximum absolute atomic E-state index is 10.9. The normalized spacial score (nSPS) is 11.3. The highest BCUT2D eigenvalue weighted by Gasteiger charge is 2.29. The summed E-state index contributed by atoms with van der Waals surface area (Å²) in [5.41, 5.74) is -0.203. The van der Waals surface area contributed by atoms with Crippen molar-refractivity contribution in [1.29, 1.82) is 0 Å². The van der Waals surface area contributed by atoms with E-state index in [-0.39, 0.29) is 0 Å². The summed E-state index contributed by atoms with van der Waals surface area (Å²) in [6.45, 7) is 3.30. The lowest BCUT2D eigenvalue weighted by atomic mass is 9.86. The Labute approximate surface area is 84.9 Å². The number of rotatable bonds is 2. The Kier molecular flexibility index (Phi) is 2.71. The van der Waals surface area contributed by atoms with E-state index in [2.05, 4.69) is 20.9 Å². The Morgan fingerprint density at radius 2 is 2.15 bits per heavy atom. The summed E-state index contributed by atoms with van der Waals surface area (Å²) in [4.78, 5) is 14.8. The average molecular weight is 244 g/mol. The smallest absolute Gasteiger partial charge is 0.313 e. The molecule has 13 heavy (non-hydrogen) atoms. The van der Waals surface area contributed by atoms with Crippen LogP contribution in [-0.4, -0.2) is 16.1 Å². The molecule has 0 aromatic carbocycles. The lowest BCUT2D eigenvalue weighted by Gasteiger charge is -2.18. The molecule has 0 fully saturated rings. The Morgan fingerprint density at radius 3 is 2.62 bits per heavy atom. The van der Waals surface area contributed by atoms with Crippen LogP contribution in [0.2, 0.25) is 0 Å². The quantitative estimate of drug-likeness (QED) is 0.867. The molecule has 0 aliphatic rings. The Morgan fingerprint density at radius 1 is 1.54 bits per heavy atom. The number of aliphatic carboxylic acids is 1. The summed E-state index contributed by atoms with van der Waals surface area (Å²) in [6, 6.07) is 1.76. The molecule has 0 aliphatic carbocycles. The fraction of sp³-hybridized carbons (Fsp3) is 0.333. The minimum atomic E-state index is -0.892. The number of aromatic nitrogens is 1. The van der Waals surface area contributed by atoms with Crippen LogP contribution in [0.25, 0.3) is 0 Å². The van der Waals surface area contributed by atoms with E-state index in [0.717, 1.165) is 4.47 Å². The van der Waals surface area contributed by atoms with E-state index in [0.29, 0.717) is 5.56 Å². The van der Waals surface area contributed by atoms with Gasteiger partial charge in [-0.1, -0.05) is 0 Å². The fourth-order valence-corrected chi connectivity index (χ4v) is 1.24. The molecule has 0 bridgehead atoms. The van der Waals surface area contributed by atoms with Crippen LogP contribution in [0.1, 0.15) is 19.4 Å². The zero-order valence-corrected chi connectivity index (χ0v) is 9.00. The molecule has 0 saturated heterocycles. The van der Waals surface area contributed by atoms with Crippen molar-refractivity contribution in [3.05, 3.63) is 28.5 Å². The molecule has 1 rings (SSSR count). The molecular weight excluding hydrogens is 234 g/mol. The van der Waals surface area contributed by atoms with E-state index < -0.39 is 11.4 Å². The molecule has 1 aromatic heterocycles. The minimum absolute atomic E-state index is 0.689. The highest BCUT2D eigenvalue weighted by Crippen LogP contribution is 2.24. The van der Waals surface area contributed by atoms with Crippen LogP contribution in [0.5, 0.6) is 0 Å². The molecule has 1 aromatic rings. The molecular formula is C9H10BrNO2. The number of halogens is 1. The van der Waals surface area contributed by atoms with Gasteiger partial charge < -0.3 is 5.11 Å². The number of hydrogen-bond donors (Lipinski definition) is 1.